The average Bonchev–Trinajstić information content (AvgIpc) is 2.53. The van der Waals surface area contributed by atoms with Crippen LogP contribution >= 0.6 is 23.2 Å². The number of benzene rings is 2. The molecule has 0 spiro atoms. The Labute approximate surface area is 155 Å². The van der Waals surface area contributed by atoms with Gasteiger partial charge in [0.05, 0.1) is 5.52 Å². The van der Waals surface area contributed by atoms with Gasteiger partial charge < -0.3 is 9.88 Å². The summed E-state index contributed by atoms with van der Waals surface area (Å²) >= 11 is 11.9. The molecule has 1 heterocycles. The Morgan fingerprint density at radius 2 is 1.76 bits per heavy atom. The number of rotatable bonds is 4. The van der Waals surface area contributed by atoms with E-state index in [1.165, 1.54) is 0 Å². The molecular formula is C19H16Cl2N2O2. The first kappa shape index (κ1) is 17.5. The zero-order valence-electron chi connectivity index (χ0n) is 13.6. The number of aromatic nitrogens is 1. The van der Waals surface area contributed by atoms with Crippen molar-refractivity contribution in [3.63, 3.8) is 0 Å². The minimum absolute atomic E-state index is 0.116. The lowest BCUT2D eigenvalue weighted by molar-refractivity contribution is -0.116. The monoisotopic (exact) mass is 374 g/mol. The van der Waals surface area contributed by atoms with E-state index in [1.807, 2.05) is 31.2 Å². The number of carbonyl (C=O) groups is 1. The fraction of sp³-hybridized carbons (Fsp3) is 0.158. The van der Waals surface area contributed by atoms with E-state index in [0.29, 0.717) is 22.3 Å². The number of nitrogens with zero attached hydrogens (tertiary/aromatic N) is 1. The van der Waals surface area contributed by atoms with Crippen molar-refractivity contribution in [1.82, 2.24) is 4.57 Å². The summed E-state index contributed by atoms with van der Waals surface area (Å²) in [4.78, 5) is 24.5. The van der Waals surface area contributed by atoms with Crippen molar-refractivity contribution in [2.45, 2.75) is 19.9 Å². The Hall–Kier alpha value is -2.30. The molecule has 0 bridgehead atoms. The standard InChI is InChI=1S/C19H16Cl2N2O2/c1-12-8-19(25)23(17-5-3-2-4-16(12)17)7-6-18(24)22-15-10-13(20)9-14(21)11-15/h2-5,8-11H,6-7H2,1H3,(H,22,24). The van der Waals surface area contributed by atoms with Crippen molar-refractivity contribution in [3.8, 4) is 0 Å². The first-order valence-corrected chi connectivity index (χ1v) is 8.55. The Balaban J connectivity index is 1.79. The highest BCUT2D eigenvalue weighted by Crippen LogP contribution is 2.22. The van der Waals surface area contributed by atoms with Crippen molar-refractivity contribution in [1.29, 1.82) is 0 Å². The van der Waals surface area contributed by atoms with Gasteiger partial charge in [-0.3, -0.25) is 9.59 Å². The summed E-state index contributed by atoms with van der Waals surface area (Å²) in [5.41, 5.74) is 2.17. The second-order valence-corrected chi connectivity index (χ2v) is 6.66. The highest BCUT2D eigenvalue weighted by Gasteiger charge is 2.09. The highest BCUT2D eigenvalue weighted by molar-refractivity contribution is 6.35. The van der Waals surface area contributed by atoms with E-state index in [2.05, 4.69) is 5.32 Å². The molecule has 0 radical (unpaired) electrons. The van der Waals surface area contributed by atoms with Gasteiger partial charge in [-0.25, -0.2) is 0 Å². The van der Waals surface area contributed by atoms with Crippen molar-refractivity contribution < 1.29 is 4.79 Å². The van der Waals surface area contributed by atoms with Gasteiger partial charge in [0.15, 0.2) is 0 Å². The van der Waals surface area contributed by atoms with Crippen LogP contribution in [0.25, 0.3) is 10.9 Å². The van der Waals surface area contributed by atoms with Gasteiger partial charge in [0, 0.05) is 40.2 Å². The zero-order chi connectivity index (χ0) is 18.0. The highest BCUT2D eigenvalue weighted by atomic mass is 35.5. The fourth-order valence-corrected chi connectivity index (χ4v) is 3.32. The quantitative estimate of drug-likeness (QED) is 0.722. The normalized spacial score (nSPS) is 10.8. The van der Waals surface area contributed by atoms with Gasteiger partial charge in [-0.05, 0) is 36.8 Å². The van der Waals surface area contributed by atoms with Crippen LogP contribution in [0.1, 0.15) is 12.0 Å². The first-order chi connectivity index (χ1) is 11.9. The molecule has 0 aliphatic rings. The van der Waals surface area contributed by atoms with E-state index < -0.39 is 0 Å². The molecule has 0 unspecified atom stereocenters. The Bertz CT molecular complexity index is 992. The topological polar surface area (TPSA) is 51.1 Å². The number of hydrogen-bond donors (Lipinski definition) is 1. The Kier molecular flexibility index (Phi) is 5.11. The molecule has 4 nitrogen and oxygen atoms in total. The average molecular weight is 375 g/mol. The number of amides is 1. The third-order valence-corrected chi connectivity index (χ3v) is 4.37. The van der Waals surface area contributed by atoms with Crippen LogP contribution in [0.4, 0.5) is 5.69 Å². The SMILES string of the molecule is Cc1cc(=O)n(CCC(=O)Nc2cc(Cl)cc(Cl)c2)c2ccccc12. The van der Waals surface area contributed by atoms with Gasteiger partial charge in [0.25, 0.3) is 5.56 Å². The molecule has 3 aromatic rings. The fourth-order valence-electron chi connectivity index (χ4n) is 2.80. The molecule has 128 valence electrons. The predicted octanol–water partition coefficient (Wildman–Crippen LogP) is 4.65. The molecule has 0 aliphatic carbocycles. The second kappa shape index (κ2) is 7.30. The number of anilines is 1. The van der Waals surface area contributed by atoms with Crippen LogP contribution in [0.2, 0.25) is 10.0 Å². The number of halogens is 2. The van der Waals surface area contributed by atoms with Crippen LogP contribution in [0, 0.1) is 6.92 Å². The summed E-state index contributed by atoms with van der Waals surface area (Å²) in [6.45, 7) is 2.20. The van der Waals surface area contributed by atoms with Crippen LogP contribution in [-0.4, -0.2) is 10.5 Å². The minimum atomic E-state index is -0.213. The molecule has 0 fully saturated rings. The van der Waals surface area contributed by atoms with Crippen molar-refractivity contribution in [2.24, 2.45) is 0 Å². The lowest BCUT2D eigenvalue weighted by Crippen LogP contribution is -2.23. The number of nitrogens with one attached hydrogen (secondary N) is 1. The molecule has 0 atom stereocenters. The molecule has 1 amide bonds. The number of hydrogen-bond acceptors (Lipinski definition) is 2. The van der Waals surface area contributed by atoms with Crippen LogP contribution in [0.3, 0.4) is 0 Å². The van der Waals surface area contributed by atoms with E-state index in [4.69, 9.17) is 23.2 Å². The largest absolute Gasteiger partial charge is 0.326 e. The van der Waals surface area contributed by atoms with Crippen molar-refractivity contribution in [3.05, 3.63) is 74.5 Å². The van der Waals surface area contributed by atoms with Crippen molar-refractivity contribution >= 4 is 45.7 Å². The van der Waals surface area contributed by atoms with Gasteiger partial charge in [0.2, 0.25) is 5.91 Å². The smallest absolute Gasteiger partial charge is 0.251 e. The number of carbonyl (C=O) groups excluding carboxylic acids is 1. The molecule has 2 aromatic carbocycles. The Morgan fingerprint density at radius 3 is 2.48 bits per heavy atom. The third-order valence-electron chi connectivity index (χ3n) is 3.93. The van der Waals surface area contributed by atoms with Crippen LogP contribution in [0.15, 0.2) is 53.3 Å². The van der Waals surface area contributed by atoms with E-state index >= 15 is 0 Å². The van der Waals surface area contributed by atoms with Gasteiger partial charge in [-0.2, -0.15) is 0 Å². The molecule has 25 heavy (non-hydrogen) atoms. The van der Waals surface area contributed by atoms with E-state index in [-0.39, 0.29) is 17.9 Å². The van der Waals surface area contributed by atoms with E-state index in [0.717, 1.165) is 16.5 Å². The predicted molar refractivity (Wildman–Crippen MR) is 103 cm³/mol. The number of pyridine rings is 1. The van der Waals surface area contributed by atoms with E-state index in [1.54, 1.807) is 28.8 Å². The van der Waals surface area contributed by atoms with Gasteiger partial charge in [0.1, 0.15) is 0 Å². The Morgan fingerprint density at radius 1 is 1.08 bits per heavy atom. The molecule has 1 aromatic heterocycles. The molecule has 1 N–H and O–H groups in total. The van der Waals surface area contributed by atoms with Crippen LogP contribution in [0.5, 0.6) is 0 Å². The minimum Gasteiger partial charge on any atom is -0.326 e. The maximum atomic E-state index is 12.3. The summed E-state index contributed by atoms with van der Waals surface area (Å²) in [6.07, 6.45) is 0.164. The molecule has 6 heteroatoms. The summed E-state index contributed by atoms with van der Waals surface area (Å²) in [5, 5.41) is 4.65. The molecule has 0 saturated heterocycles. The van der Waals surface area contributed by atoms with Crippen LogP contribution in [-0.2, 0) is 11.3 Å². The summed E-state index contributed by atoms with van der Waals surface area (Å²) < 4.78 is 1.62. The summed E-state index contributed by atoms with van der Waals surface area (Å²) in [7, 11) is 0. The first-order valence-electron chi connectivity index (χ1n) is 7.79. The zero-order valence-corrected chi connectivity index (χ0v) is 15.1. The van der Waals surface area contributed by atoms with E-state index in [9.17, 15) is 9.59 Å². The van der Waals surface area contributed by atoms with Gasteiger partial charge in [-0.15, -0.1) is 0 Å². The summed E-state index contributed by atoms with van der Waals surface area (Å²) in [5.74, 6) is -0.213. The molecule has 3 rings (SSSR count). The number of fused-ring (bicyclic) bond motifs is 1. The van der Waals surface area contributed by atoms with Crippen molar-refractivity contribution in [2.75, 3.05) is 5.32 Å². The maximum Gasteiger partial charge on any atom is 0.251 e. The van der Waals surface area contributed by atoms with Gasteiger partial charge in [-0.1, -0.05) is 41.4 Å². The second-order valence-electron chi connectivity index (χ2n) is 5.79. The lowest BCUT2D eigenvalue weighted by atomic mass is 10.1. The molecule has 0 saturated carbocycles. The van der Waals surface area contributed by atoms with Crippen LogP contribution < -0.4 is 10.9 Å². The number of aryl methyl sites for hydroxylation is 2. The molecular weight excluding hydrogens is 359 g/mol. The molecule has 0 aliphatic heterocycles. The van der Waals surface area contributed by atoms with Gasteiger partial charge >= 0.3 is 0 Å². The lowest BCUT2D eigenvalue weighted by Gasteiger charge is -2.12. The number of para-hydroxylation sites is 1. The maximum absolute atomic E-state index is 12.3. The third kappa shape index (κ3) is 4.03. The summed E-state index contributed by atoms with van der Waals surface area (Å²) in [6, 6.07) is 14.1.